The summed E-state index contributed by atoms with van der Waals surface area (Å²) < 4.78 is 7.51. The molecule has 0 spiro atoms. The topological polar surface area (TPSA) is 141 Å². The Hall–Kier alpha value is -3.53. The summed E-state index contributed by atoms with van der Waals surface area (Å²) in [5.74, 6) is 5.39. The summed E-state index contributed by atoms with van der Waals surface area (Å²) in [4.78, 5) is 32.5. The highest BCUT2D eigenvalue weighted by Gasteiger charge is 2.42. The Balaban J connectivity index is 1.40. The van der Waals surface area contributed by atoms with Crippen molar-refractivity contribution < 1.29 is 24.5 Å². The van der Waals surface area contributed by atoms with E-state index in [0.29, 0.717) is 23.5 Å². The van der Waals surface area contributed by atoms with Crippen LogP contribution in [0.2, 0.25) is 0 Å². The van der Waals surface area contributed by atoms with Crippen LogP contribution in [0, 0.1) is 11.8 Å². The van der Waals surface area contributed by atoms with Gasteiger partial charge in [0, 0.05) is 30.7 Å². The van der Waals surface area contributed by atoms with Gasteiger partial charge in [0.25, 0.3) is 11.8 Å². The molecular weight excluding hydrogens is 544 g/mol. The molecule has 2 aliphatic rings. The number of hydrogen-bond acceptors (Lipinski definition) is 9. The number of aliphatic hydroxyl groups excluding tert-OH is 2. The molecule has 1 aromatic heterocycles. The van der Waals surface area contributed by atoms with Gasteiger partial charge < -0.3 is 30.5 Å². The molecule has 4 rings (SSSR count). The molecule has 11 nitrogen and oxygen atoms in total. The smallest absolute Gasteiger partial charge is 0.255 e. The molecule has 0 radical (unpaired) electrons. The second-order valence-corrected chi connectivity index (χ2v) is 11.4. The lowest BCUT2D eigenvalue weighted by atomic mass is 10.0. The maximum absolute atomic E-state index is 13.2. The van der Waals surface area contributed by atoms with Crippen LogP contribution in [0.25, 0.3) is 5.69 Å². The largest absolute Gasteiger partial charge is 0.479 e. The molecule has 41 heavy (non-hydrogen) atoms. The lowest BCUT2D eigenvalue weighted by molar-refractivity contribution is -0.154. The van der Waals surface area contributed by atoms with Crippen molar-refractivity contribution in [3.05, 3.63) is 42.2 Å². The van der Waals surface area contributed by atoms with E-state index in [2.05, 4.69) is 27.6 Å². The van der Waals surface area contributed by atoms with Crippen molar-refractivity contribution >= 4 is 28.7 Å². The zero-order chi connectivity index (χ0) is 29.5. The molecule has 2 aromatic rings. The second kappa shape index (κ2) is 13.9. The molecule has 0 aliphatic carbocycles. The normalized spacial score (nSPS) is 20.6. The average molecular weight is 583 g/mol. The third-order valence-corrected chi connectivity index (χ3v) is 8.01. The number of amidine groups is 1. The van der Waals surface area contributed by atoms with Crippen molar-refractivity contribution in [1.29, 1.82) is 0 Å². The number of ether oxygens (including phenoxy) is 1. The molecule has 0 bridgehead atoms. The van der Waals surface area contributed by atoms with Gasteiger partial charge in [-0.25, -0.2) is 4.68 Å². The summed E-state index contributed by atoms with van der Waals surface area (Å²) in [5, 5.41) is 32.5. The number of carbonyl (C=O) groups is 2. The quantitative estimate of drug-likeness (QED) is 0.310. The number of benzene rings is 1. The number of nitrogens with one attached hydrogen (secondary N) is 2. The van der Waals surface area contributed by atoms with Crippen molar-refractivity contribution in [3.63, 3.8) is 0 Å². The van der Waals surface area contributed by atoms with Crippen LogP contribution < -0.4 is 15.4 Å². The number of aliphatic hydroxyl groups is 2. The Morgan fingerprint density at radius 1 is 1.24 bits per heavy atom. The molecule has 3 heterocycles. The zero-order valence-corrected chi connectivity index (χ0v) is 24.6. The minimum atomic E-state index is -1.93. The zero-order valence-electron chi connectivity index (χ0n) is 23.8. The molecular formula is C29H38N6O5S. The van der Waals surface area contributed by atoms with E-state index in [9.17, 15) is 19.8 Å². The molecule has 1 aromatic carbocycles. The number of carbonyl (C=O) groups excluding carboxylic acids is 2. The number of hydrogen-bond donors (Lipinski definition) is 4. The summed E-state index contributed by atoms with van der Waals surface area (Å²) in [6.07, 6.45) is 1.16. The Labute approximate surface area is 244 Å². The standard InChI is InChI=1S/C29H38N6O5S/c1-5-6-15-40-24-16-20(10-11-23(24)35-14-8-12-30-35)19(4)32-27(38)25(36)26(37)28(39)34-13-7-9-22(34)21-17-41-29(33-21)31-18(2)3/h8,10-12,14,16,18-19,21-22,25-26,36-37H,7,9,13,15,17H2,1-4H3,(H,31,33)(H,32,38)/t19-,21?,22-,25-,26-/m1/s1. The molecule has 0 saturated carbocycles. The Kier molecular flexibility index (Phi) is 10.3. The first-order valence-electron chi connectivity index (χ1n) is 13.8. The third kappa shape index (κ3) is 7.41. The highest BCUT2D eigenvalue weighted by atomic mass is 32.2. The van der Waals surface area contributed by atoms with E-state index in [-0.39, 0.29) is 24.7 Å². The van der Waals surface area contributed by atoms with Gasteiger partial charge in [-0.15, -0.1) is 5.92 Å². The molecule has 4 N–H and O–H groups in total. The third-order valence-electron chi connectivity index (χ3n) is 7.00. The van der Waals surface area contributed by atoms with Gasteiger partial charge in [0.2, 0.25) is 0 Å². The van der Waals surface area contributed by atoms with Crippen LogP contribution in [0.15, 0.2) is 41.7 Å². The molecule has 12 heteroatoms. The molecule has 1 unspecified atom stereocenters. The van der Waals surface area contributed by atoms with Crippen LogP contribution in [0.5, 0.6) is 5.75 Å². The molecule has 5 atom stereocenters. The summed E-state index contributed by atoms with van der Waals surface area (Å²) in [7, 11) is 0. The predicted octanol–water partition coefficient (Wildman–Crippen LogP) is 1.63. The summed E-state index contributed by atoms with van der Waals surface area (Å²) in [6.45, 7) is 8.17. The summed E-state index contributed by atoms with van der Waals surface area (Å²) in [5.41, 5.74) is 1.40. The minimum Gasteiger partial charge on any atom is -0.479 e. The van der Waals surface area contributed by atoms with E-state index in [4.69, 9.17) is 9.73 Å². The number of amides is 2. The van der Waals surface area contributed by atoms with E-state index in [1.165, 1.54) is 0 Å². The molecule has 2 aliphatic heterocycles. The van der Waals surface area contributed by atoms with Crippen LogP contribution in [-0.2, 0) is 9.59 Å². The van der Waals surface area contributed by atoms with Crippen molar-refractivity contribution in [2.75, 3.05) is 18.9 Å². The van der Waals surface area contributed by atoms with Gasteiger partial charge in [-0.2, -0.15) is 5.10 Å². The van der Waals surface area contributed by atoms with Crippen molar-refractivity contribution in [2.24, 2.45) is 4.99 Å². The van der Waals surface area contributed by atoms with E-state index in [0.717, 1.165) is 23.8 Å². The maximum Gasteiger partial charge on any atom is 0.255 e. The average Bonchev–Trinajstić information content (AvgIpc) is 3.74. The van der Waals surface area contributed by atoms with Crippen LogP contribution in [0.4, 0.5) is 0 Å². The van der Waals surface area contributed by atoms with Gasteiger partial charge in [-0.05, 0) is 64.3 Å². The van der Waals surface area contributed by atoms with Gasteiger partial charge in [0.15, 0.2) is 17.4 Å². The van der Waals surface area contributed by atoms with Gasteiger partial charge in [-0.3, -0.25) is 14.6 Å². The first-order chi connectivity index (χ1) is 19.7. The Morgan fingerprint density at radius 3 is 2.76 bits per heavy atom. The predicted molar refractivity (Wildman–Crippen MR) is 158 cm³/mol. The maximum atomic E-state index is 13.2. The van der Waals surface area contributed by atoms with E-state index >= 15 is 0 Å². The van der Waals surface area contributed by atoms with Crippen molar-refractivity contribution in [1.82, 2.24) is 25.3 Å². The number of aliphatic imine (C=N–C) groups is 1. The van der Waals surface area contributed by atoms with Crippen LogP contribution >= 0.6 is 11.8 Å². The fourth-order valence-corrected chi connectivity index (χ4v) is 6.07. The van der Waals surface area contributed by atoms with Gasteiger partial charge in [0.1, 0.15) is 18.0 Å². The van der Waals surface area contributed by atoms with Crippen LogP contribution in [0.1, 0.15) is 52.1 Å². The minimum absolute atomic E-state index is 0.102. The Bertz CT molecular complexity index is 1300. The van der Waals surface area contributed by atoms with Crippen molar-refractivity contribution in [2.45, 2.75) is 76.9 Å². The highest BCUT2D eigenvalue weighted by Crippen LogP contribution is 2.30. The van der Waals surface area contributed by atoms with E-state index in [1.54, 1.807) is 59.7 Å². The van der Waals surface area contributed by atoms with E-state index < -0.39 is 30.1 Å². The summed E-state index contributed by atoms with van der Waals surface area (Å²) in [6, 6.07) is 6.60. The number of thioether (sulfide) groups is 1. The fraction of sp³-hybridized carbons (Fsp3) is 0.517. The SMILES string of the molecule is CC#CCOc1cc([C@@H](C)NC(=O)[C@H](O)[C@@H](O)C(=O)N2CCC[C@@H]2C2CSC(NC(C)C)=N2)ccc1-n1cccn1. The van der Waals surface area contributed by atoms with Crippen LogP contribution in [-0.4, -0.2) is 91.1 Å². The first kappa shape index (κ1) is 30.4. The molecule has 220 valence electrons. The van der Waals surface area contributed by atoms with E-state index in [1.807, 2.05) is 26.0 Å². The van der Waals surface area contributed by atoms with Gasteiger partial charge >= 0.3 is 0 Å². The second-order valence-electron chi connectivity index (χ2n) is 10.4. The number of nitrogens with zero attached hydrogens (tertiary/aromatic N) is 4. The fourth-order valence-electron chi connectivity index (χ4n) is 4.91. The molecule has 1 fully saturated rings. The number of aromatic nitrogens is 2. The number of rotatable bonds is 10. The Morgan fingerprint density at radius 2 is 2.05 bits per heavy atom. The first-order valence-corrected chi connectivity index (χ1v) is 14.8. The highest BCUT2D eigenvalue weighted by molar-refractivity contribution is 8.14. The van der Waals surface area contributed by atoms with Crippen LogP contribution in [0.3, 0.4) is 0 Å². The number of likely N-dealkylation sites (tertiary alicyclic amines) is 1. The lowest BCUT2D eigenvalue weighted by Gasteiger charge is -2.30. The van der Waals surface area contributed by atoms with Gasteiger partial charge in [0.05, 0.1) is 18.1 Å². The monoisotopic (exact) mass is 582 g/mol. The molecule has 2 amide bonds. The van der Waals surface area contributed by atoms with Gasteiger partial charge in [-0.1, -0.05) is 23.7 Å². The summed E-state index contributed by atoms with van der Waals surface area (Å²) >= 11 is 1.61. The van der Waals surface area contributed by atoms with Crippen molar-refractivity contribution in [3.8, 4) is 23.3 Å². The molecule has 1 saturated heterocycles. The lowest BCUT2D eigenvalue weighted by Crippen LogP contribution is -2.53.